The summed E-state index contributed by atoms with van der Waals surface area (Å²) >= 11 is 0. The van der Waals surface area contributed by atoms with Crippen molar-refractivity contribution in [3.05, 3.63) is 85.7 Å². The summed E-state index contributed by atoms with van der Waals surface area (Å²) in [6.45, 7) is 5.67. The van der Waals surface area contributed by atoms with Gasteiger partial charge in [-0.25, -0.2) is 0 Å². The summed E-state index contributed by atoms with van der Waals surface area (Å²) in [6, 6.07) is 13.8. The molecule has 33 heavy (non-hydrogen) atoms. The molecule has 1 aliphatic rings. The molecule has 4 rings (SSSR count). The normalized spacial score (nSPS) is 14.3. The largest absolute Gasteiger partial charge is 0.376 e. The third-order valence-electron chi connectivity index (χ3n) is 6.22. The van der Waals surface area contributed by atoms with Crippen LogP contribution < -0.4 is 26.4 Å². The highest BCUT2D eigenvalue weighted by Gasteiger charge is 2.28. The zero-order valence-electron chi connectivity index (χ0n) is 18.8. The quantitative estimate of drug-likeness (QED) is 0.426. The summed E-state index contributed by atoms with van der Waals surface area (Å²) in [5.74, 6) is 0.354. The molecule has 1 fully saturated rings. The van der Waals surface area contributed by atoms with E-state index in [9.17, 15) is 19.2 Å². The van der Waals surface area contributed by atoms with E-state index in [4.69, 9.17) is 0 Å². The second kappa shape index (κ2) is 9.40. The van der Waals surface area contributed by atoms with Crippen LogP contribution in [-0.2, 0) is 6.54 Å². The number of benzene rings is 2. The lowest BCUT2D eigenvalue weighted by Crippen LogP contribution is -2.45. The van der Waals surface area contributed by atoms with Crippen LogP contribution in [0.25, 0.3) is 0 Å². The van der Waals surface area contributed by atoms with Crippen LogP contribution >= 0.6 is 0 Å². The molecule has 2 N–H and O–H groups in total. The molecule has 0 atom stereocenters. The number of hydrogen-bond acceptors (Lipinski definition) is 6. The molecule has 3 aromatic rings. The molecule has 1 aliphatic heterocycles. The van der Waals surface area contributed by atoms with E-state index in [1.54, 1.807) is 36.4 Å². The Labute approximate surface area is 192 Å². The van der Waals surface area contributed by atoms with Crippen LogP contribution in [0.5, 0.6) is 0 Å². The molecule has 0 aliphatic carbocycles. The van der Waals surface area contributed by atoms with E-state index in [1.807, 2.05) is 17.0 Å². The van der Waals surface area contributed by atoms with Crippen LogP contribution in [0.3, 0.4) is 0 Å². The fourth-order valence-electron chi connectivity index (χ4n) is 4.03. The molecule has 0 saturated carbocycles. The summed E-state index contributed by atoms with van der Waals surface area (Å²) in [5, 5.41) is 5.92. The topological polar surface area (TPSA) is 95.6 Å². The Hall–Kier alpha value is -3.74. The first-order chi connectivity index (χ1) is 15.8. The van der Waals surface area contributed by atoms with Crippen molar-refractivity contribution in [2.45, 2.75) is 33.2 Å². The molecule has 0 bridgehead atoms. The summed E-state index contributed by atoms with van der Waals surface area (Å²) in [4.78, 5) is 50.1. The minimum atomic E-state index is -0.463. The van der Waals surface area contributed by atoms with Crippen molar-refractivity contribution >= 4 is 28.8 Å². The summed E-state index contributed by atoms with van der Waals surface area (Å²) < 4.78 is 0. The highest BCUT2D eigenvalue weighted by atomic mass is 16.2. The van der Waals surface area contributed by atoms with Gasteiger partial charge in [-0.3, -0.25) is 19.2 Å². The third-order valence-corrected chi connectivity index (χ3v) is 6.22. The molecule has 0 aromatic heterocycles. The number of nitrogens with zero attached hydrogens (tertiary/aromatic N) is 1. The fraction of sp³-hybridized carbons (Fsp3) is 0.308. The average molecular weight is 446 g/mol. The van der Waals surface area contributed by atoms with Gasteiger partial charge in [-0.15, -0.1) is 0 Å². The maximum absolute atomic E-state index is 12.5. The molecule has 0 spiro atoms. The first-order valence-electron chi connectivity index (χ1n) is 11.2. The van der Waals surface area contributed by atoms with Crippen molar-refractivity contribution < 1.29 is 9.59 Å². The van der Waals surface area contributed by atoms with Gasteiger partial charge in [-0.1, -0.05) is 19.1 Å². The van der Waals surface area contributed by atoms with Gasteiger partial charge < -0.3 is 15.5 Å². The molecule has 7 nitrogen and oxygen atoms in total. The molecule has 0 unspecified atom stereocenters. The van der Waals surface area contributed by atoms with Crippen LogP contribution in [0.4, 0.5) is 17.1 Å². The maximum atomic E-state index is 12.5. The Morgan fingerprint density at radius 2 is 1.52 bits per heavy atom. The van der Waals surface area contributed by atoms with Crippen molar-refractivity contribution in [3.63, 3.8) is 0 Å². The van der Waals surface area contributed by atoms with Crippen molar-refractivity contribution in [1.29, 1.82) is 0 Å². The Morgan fingerprint density at radius 3 is 2.12 bits per heavy atom. The number of nitrogens with one attached hydrogen (secondary N) is 2. The lowest BCUT2D eigenvalue weighted by Gasteiger charge is -2.33. The number of carbonyl (C=O) groups is 2. The van der Waals surface area contributed by atoms with E-state index in [0.29, 0.717) is 40.7 Å². The van der Waals surface area contributed by atoms with Gasteiger partial charge in [0.2, 0.25) is 0 Å². The van der Waals surface area contributed by atoms with Crippen molar-refractivity contribution in [1.82, 2.24) is 0 Å². The number of piperidine rings is 1. The summed E-state index contributed by atoms with van der Waals surface area (Å²) in [5.41, 5.74) is 2.62. The number of amides is 1. The zero-order valence-corrected chi connectivity index (χ0v) is 18.8. The van der Waals surface area contributed by atoms with Gasteiger partial charge in [-0.05, 0) is 67.6 Å². The van der Waals surface area contributed by atoms with Crippen LogP contribution in [-0.4, -0.2) is 24.8 Å². The predicted octanol–water partition coefficient (Wildman–Crippen LogP) is 3.59. The zero-order chi connectivity index (χ0) is 23.5. The monoisotopic (exact) mass is 445 g/mol. The first kappa shape index (κ1) is 22.5. The lowest BCUT2D eigenvalue weighted by atomic mass is 9.98. The molecule has 1 heterocycles. The highest BCUT2D eigenvalue weighted by Crippen LogP contribution is 2.26. The molecular formula is C26H27N3O4. The van der Waals surface area contributed by atoms with E-state index in [-0.39, 0.29) is 11.7 Å². The van der Waals surface area contributed by atoms with E-state index in [2.05, 4.69) is 17.6 Å². The highest BCUT2D eigenvalue weighted by molar-refractivity contribution is 6.04. The van der Waals surface area contributed by atoms with Crippen LogP contribution in [0.2, 0.25) is 0 Å². The first-order valence-corrected chi connectivity index (χ1v) is 11.2. The van der Waals surface area contributed by atoms with Gasteiger partial charge in [0.15, 0.2) is 5.78 Å². The molecule has 3 aromatic carbocycles. The van der Waals surface area contributed by atoms with Gasteiger partial charge in [0.05, 0.1) is 0 Å². The van der Waals surface area contributed by atoms with E-state index < -0.39 is 10.9 Å². The molecule has 0 radical (unpaired) electrons. The number of anilines is 3. The van der Waals surface area contributed by atoms with Crippen molar-refractivity contribution in [2.75, 3.05) is 28.6 Å². The van der Waals surface area contributed by atoms with Crippen LogP contribution in [0.15, 0.2) is 58.1 Å². The number of carbonyl (C=O) groups excluding carboxylic acids is 2. The summed E-state index contributed by atoms with van der Waals surface area (Å²) in [6.07, 6.45) is 2.03. The Morgan fingerprint density at radius 1 is 0.909 bits per heavy atom. The second-order valence-electron chi connectivity index (χ2n) is 8.69. The SMILES string of the molecule is CC(=O)c1ccc(NC(=O)c2ccc(CNc3c(N4CCC(C)CC4)c(=O)c3=O)cc2)cc1. The van der Waals surface area contributed by atoms with Crippen LogP contribution in [0.1, 0.15) is 53.0 Å². The van der Waals surface area contributed by atoms with Crippen molar-refractivity contribution in [2.24, 2.45) is 5.92 Å². The summed E-state index contributed by atoms with van der Waals surface area (Å²) in [7, 11) is 0. The van der Waals surface area contributed by atoms with E-state index >= 15 is 0 Å². The number of ketones is 1. The van der Waals surface area contributed by atoms with Crippen LogP contribution in [0, 0.1) is 5.92 Å². The van der Waals surface area contributed by atoms with Gasteiger partial charge in [-0.2, -0.15) is 0 Å². The Bertz CT molecular complexity index is 1230. The third kappa shape index (κ3) is 4.87. The standard InChI is InChI=1S/C26H27N3O4/c1-16-11-13-29(14-12-16)23-22(24(31)25(23)32)27-15-18-3-5-20(6-4-18)26(33)28-21-9-7-19(8-10-21)17(2)30/h3-10,16,27H,11-15H2,1-2H3,(H,28,33). The van der Waals surface area contributed by atoms with Crippen molar-refractivity contribution in [3.8, 4) is 0 Å². The van der Waals surface area contributed by atoms with Gasteiger partial charge >= 0.3 is 0 Å². The molecule has 1 saturated heterocycles. The van der Waals surface area contributed by atoms with Gasteiger partial charge in [0.1, 0.15) is 11.4 Å². The minimum absolute atomic E-state index is 0.0292. The fourth-order valence-corrected chi connectivity index (χ4v) is 4.03. The van der Waals surface area contributed by atoms with E-state index in [1.165, 1.54) is 6.92 Å². The van der Waals surface area contributed by atoms with E-state index in [0.717, 1.165) is 31.5 Å². The molecular weight excluding hydrogens is 418 g/mol. The average Bonchev–Trinajstić information content (AvgIpc) is 2.82. The number of rotatable bonds is 7. The molecule has 7 heteroatoms. The Balaban J connectivity index is 1.36. The lowest BCUT2D eigenvalue weighted by molar-refractivity contribution is 0.101. The minimum Gasteiger partial charge on any atom is -0.376 e. The number of hydrogen-bond donors (Lipinski definition) is 2. The molecule has 170 valence electrons. The second-order valence-corrected chi connectivity index (χ2v) is 8.69. The smallest absolute Gasteiger partial charge is 0.255 e. The molecule has 1 amide bonds. The number of Topliss-reactive ketones (excluding diaryl/α,β-unsaturated/α-hetero) is 1. The maximum Gasteiger partial charge on any atom is 0.255 e. The van der Waals surface area contributed by atoms with Gasteiger partial charge in [0.25, 0.3) is 16.8 Å². The van der Waals surface area contributed by atoms with Gasteiger partial charge in [0, 0.05) is 36.4 Å². The Kier molecular flexibility index (Phi) is 6.40. The predicted molar refractivity (Wildman–Crippen MR) is 130 cm³/mol.